The number of nitrogens with one attached hydrogen (secondary N) is 2. The molecule has 1 unspecified atom stereocenters. The first kappa shape index (κ1) is 22.2. The lowest BCUT2D eigenvalue weighted by Gasteiger charge is -2.45. The van der Waals surface area contributed by atoms with E-state index in [0.29, 0.717) is 13.0 Å². The molecule has 0 bridgehead atoms. The lowest BCUT2D eigenvalue weighted by atomic mass is 9.94. The molecule has 1 heterocycles. The first-order valence-corrected chi connectivity index (χ1v) is 9.40. The summed E-state index contributed by atoms with van der Waals surface area (Å²) in [5.74, 6) is -2.94. The number of aliphatic hydroxyl groups excluding tert-OH is 1. The minimum absolute atomic E-state index is 0.0297. The Morgan fingerprint density at radius 3 is 2.59 bits per heavy atom. The highest BCUT2D eigenvalue weighted by atomic mass is 16.5. The van der Waals surface area contributed by atoms with Gasteiger partial charge in [0.05, 0.1) is 12.2 Å². The van der Waals surface area contributed by atoms with E-state index in [4.69, 9.17) is 9.84 Å². The third-order valence-electron chi connectivity index (χ3n) is 4.38. The molecule has 1 aromatic carbocycles. The molecule has 1 aromatic rings. The van der Waals surface area contributed by atoms with Crippen LogP contribution in [-0.4, -0.2) is 64.4 Å². The Hall–Kier alpha value is -3.07. The fourth-order valence-electron chi connectivity index (χ4n) is 3.13. The number of amides is 2. The summed E-state index contributed by atoms with van der Waals surface area (Å²) in [6.07, 6.45) is 1.52. The van der Waals surface area contributed by atoms with E-state index in [9.17, 15) is 19.5 Å². The molecule has 4 N–H and O–H groups in total. The summed E-state index contributed by atoms with van der Waals surface area (Å²) >= 11 is 0. The fraction of sp³-hybridized carbons (Fsp3) is 0.450. The van der Waals surface area contributed by atoms with Crippen LogP contribution in [0.25, 0.3) is 0 Å². The van der Waals surface area contributed by atoms with Crippen LogP contribution in [0.2, 0.25) is 0 Å². The summed E-state index contributed by atoms with van der Waals surface area (Å²) in [5.41, 5.74) is -0.943. The first-order valence-electron chi connectivity index (χ1n) is 9.40. The Kier molecular flexibility index (Phi) is 7.60. The van der Waals surface area contributed by atoms with Crippen LogP contribution in [0.5, 0.6) is 0 Å². The van der Waals surface area contributed by atoms with Crippen molar-refractivity contribution in [2.24, 2.45) is 0 Å². The highest BCUT2D eigenvalue weighted by Crippen LogP contribution is 2.25. The Bertz CT molecular complexity index is 765. The van der Waals surface area contributed by atoms with Gasteiger partial charge in [0.25, 0.3) is 11.8 Å². The molecule has 0 aliphatic carbocycles. The van der Waals surface area contributed by atoms with E-state index < -0.39 is 35.9 Å². The van der Waals surface area contributed by atoms with E-state index in [1.165, 1.54) is 4.90 Å². The molecule has 158 valence electrons. The molecule has 9 heteroatoms. The Morgan fingerprint density at radius 2 is 1.97 bits per heavy atom. The van der Waals surface area contributed by atoms with Crippen molar-refractivity contribution in [3.8, 4) is 0 Å². The minimum Gasteiger partial charge on any atom is -0.495 e. The predicted octanol–water partition coefficient (Wildman–Crippen LogP) is 0.773. The van der Waals surface area contributed by atoms with Crippen LogP contribution in [-0.2, 0) is 25.5 Å². The van der Waals surface area contributed by atoms with Gasteiger partial charge in [-0.2, -0.15) is 0 Å². The van der Waals surface area contributed by atoms with Gasteiger partial charge in [-0.3, -0.25) is 14.4 Å². The first-order chi connectivity index (χ1) is 13.7. The van der Waals surface area contributed by atoms with Gasteiger partial charge in [0.2, 0.25) is 5.66 Å². The van der Waals surface area contributed by atoms with Gasteiger partial charge in [0.1, 0.15) is 6.54 Å². The summed E-state index contributed by atoms with van der Waals surface area (Å²) in [4.78, 5) is 38.0. The van der Waals surface area contributed by atoms with Crippen molar-refractivity contribution in [2.45, 2.75) is 38.5 Å². The molecular weight excluding hydrogens is 378 g/mol. The number of hydrogen-bond donors (Lipinski definition) is 4. The lowest BCUT2D eigenvalue weighted by molar-refractivity contribution is -0.151. The van der Waals surface area contributed by atoms with Crippen LogP contribution in [0.3, 0.4) is 0 Å². The molecule has 0 saturated carbocycles. The Balaban J connectivity index is 2.35. The van der Waals surface area contributed by atoms with E-state index in [1.54, 1.807) is 24.3 Å². The molecule has 1 aliphatic rings. The fourth-order valence-corrected chi connectivity index (χ4v) is 3.13. The van der Waals surface area contributed by atoms with Gasteiger partial charge in [-0.25, -0.2) is 0 Å². The van der Waals surface area contributed by atoms with Crippen molar-refractivity contribution in [1.82, 2.24) is 15.5 Å². The minimum atomic E-state index is -1.68. The molecule has 0 aromatic heterocycles. The summed E-state index contributed by atoms with van der Waals surface area (Å²) < 4.78 is 5.51. The highest BCUT2D eigenvalue weighted by molar-refractivity contribution is 5.98. The molecule has 1 atom stereocenters. The molecule has 0 spiro atoms. The topological polar surface area (TPSA) is 128 Å². The van der Waals surface area contributed by atoms with Crippen LogP contribution in [0.1, 0.15) is 25.8 Å². The second-order valence-electron chi connectivity index (χ2n) is 7.02. The number of carboxylic acid groups (broad SMARTS) is 1. The number of ether oxygens (including phenoxy) is 1. The number of carbonyl (C=O) groups is 3. The molecule has 2 rings (SSSR count). The lowest BCUT2D eigenvalue weighted by Crippen LogP contribution is -2.71. The molecule has 0 fully saturated rings. The number of nitrogens with zero attached hydrogens (tertiary/aromatic N) is 1. The largest absolute Gasteiger partial charge is 0.495 e. The van der Waals surface area contributed by atoms with E-state index in [2.05, 4.69) is 10.6 Å². The Labute approximate surface area is 169 Å². The van der Waals surface area contributed by atoms with Crippen molar-refractivity contribution in [1.29, 1.82) is 0 Å². The van der Waals surface area contributed by atoms with Crippen LogP contribution in [0, 0.1) is 0 Å². The van der Waals surface area contributed by atoms with Gasteiger partial charge >= 0.3 is 5.97 Å². The quantitative estimate of drug-likeness (QED) is 0.423. The van der Waals surface area contributed by atoms with Gasteiger partial charge in [0, 0.05) is 19.6 Å². The number of rotatable bonds is 10. The van der Waals surface area contributed by atoms with Gasteiger partial charge < -0.3 is 30.5 Å². The number of hydrogen-bond acceptors (Lipinski definition) is 6. The van der Waals surface area contributed by atoms with E-state index in [0.717, 1.165) is 11.6 Å². The normalized spacial score (nSPS) is 18.9. The standard InChI is InChI=1S/C20H27N3O6/c1-14(2)29-10-6-9-23-17(25)11-16(24)22-20(23,19(28)21-13-18(26)27)12-15-7-4-3-5-8-15/h3-5,7-8,11,14,22,24H,6,9-10,12-13H2,1-2H3,(H,21,28)(H,26,27). The SMILES string of the molecule is CC(C)OCCCN1C(=O)C=C(O)NC1(Cc1ccccc1)C(=O)NCC(=O)O. The summed E-state index contributed by atoms with van der Waals surface area (Å²) in [6, 6.07) is 8.97. The second-order valence-corrected chi connectivity index (χ2v) is 7.02. The Morgan fingerprint density at radius 1 is 1.28 bits per heavy atom. The van der Waals surface area contributed by atoms with Crippen LogP contribution in [0.4, 0.5) is 0 Å². The molecule has 0 saturated heterocycles. The summed E-state index contributed by atoms with van der Waals surface area (Å²) in [7, 11) is 0. The van der Waals surface area contributed by atoms with Crippen molar-refractivity contribution in [3.05, 3.63) is 47.9 Å². The smallest absolute Gasteiger partial charge is 0.322 e. The summed E-state index contributed by atoms with van der Waals surface area (Å²) in [6.45, 7) is 3.74. The van der Waals surface area contributed by atoms with Crippen molar-refractivity contribution in [2.75, 3.05) is 19.7 Å². The third-order valence-corrected chi connectivity index (χ3v) is 4.38. The van der Waals surface area contributed by atoms with Crippen LogP contribution in [0.15, 0.2) is 42.3 Å². The molecule has 0 radical (unpaired) electrons. The van der Waals surface area contributed by atoms with Crippen molar-refractivity contribution in [3.63, 3.8) is 0 Å². The second kappa shape index (κ2) is 9.92. The van der Waals surface area contributed by atoms with Gasteiger partial charge in [-0.15, -0.1) is 0 Å². The van der Waals surface area contributed by atoms with Gasteiger partial charge in [-0.1, -0.05) is 30.3 Å². The number of carbonyl (C=O) groups excluding carboxylic acids is 2. The van der Waals surface area contributed by atoms with Crippen LogP contribution >= 0.6 is 0 Å². The number of aliphatic hydroxyl groups is 1. The maximum Gasteiger partial charge on any atom is 0.322 e. The monoisotopic (exact) mass is 405 g/mol. The number of carboxylic acids is 1. The van der Waals surface area contributed by atoms with Gasteiger partial charge in [0.15, 0.2) is 5.88 Å². The van der Waals surface area contributed by atoms with Crippen LogP contribution < -0.4 is 10.6 Å². The molecule has 2 amide bonds. The van der Waals surface area contributed by atoms with Gasteiger partial charge in [-0.05, 0) is 25.8 Å². The number of benzene rings is 1. The van der Waals surface area contributed by atoms with Crippen molar-refractivity contribution < 1.29 is 29.3 Å². The van der Waals surface area contributed by atoms with E-state index >= 15 is 0 Å². The maximum absolute atomic E-state index is 13.1. The zero-order valence-electron chi connectivity index (χ0n) is 16.6. The number of aliphatic carboxylic acids is 1. The molecule has 29 heavy (non-hydrogen) atoms. The summed E-state index contributed by atoms with van der Waals surface area (Å²) in [5, 5.41) is 24.0. The average Bonchev–Trinajstić information content (AvgIpc) is 2.65. The van der Waals surface area contributed by atoms with E-state index in [1.807, 2.05) is 19.9 Å². The zero-order valence-corrected chi connectivity index (χ0v) is 16.6. The molecule has 1 aliphatic heterocycles. The molecule has 9 nitrogen and oxygen atoms in total. The third kappa shape index (κ3) is 5.95. The zero-order chi connectivity index (χ0) is 21.4. The molecular formula is C20H27N3O6. The van der Waals surface area contributed by atoms with Crippen molar-refractivity contribution >= 4 is 17.8 Å². The maximum atomic E-state index is 13.1. The van der Waals surface area contributed by atoms with E-state index in [-0.39, 0.29) is 19.1 Å². The highest BCUT2D eigenvalue weighted by Gasteiger charge is 2.49. The average molecular weight is 405 g/mol. The predicted molar refractivity (Wildman–Crippen MR) is 105 cm³/mol.